The molecule has 7 heteroatoms. The molecule has 0 spiro atoms. The van der Waals surface area contributed by atoms with Crippen LogP contribution in [0.2, 0.25) is 0 Å². The first-order valence-corrected chi connectivity index (χ1v) is 10.5. The lowest BCUT2D eigenvalue weighted by Crippen LogP contribution is -2.47. The Morgan fingerprint density at radius 1 is 1.24 bits per heavy atom. The molecule has 3 rings (SSSR count). The fraction of sp³-hybridized carbons (Fsp3) is 0.636. The maximum atomic E-state index is 11.8. The molecule has 2 aliphatic heterocycles. The van der Waals surface area contributed by atoms with E-state index in [4.69, 9.17) is 19.2 Å². The zero-order chi connectivity index (χ0) is 20.9. The van der Waals surface area contributed by atoms with Gasteiger partial charge in [-0.2, -0.15) is 0 Å². The molecule has 0 aromatic heterocycles. The summed E-state index contributed by atoms with van der Waals surface area (Å²) in [4.78, 5) is 18.9. The van der Waals surface area contributed by atoms with Crippen molar-refractivity contribution in [3.05, 3.63) is 23.8 Å². The maximum absolute atomic E-state index is 11.8. The lowest BCUT2D eigenvalue weighted by atomic mass is 9.84. The first kappa shape index (κ1) is 21.3. The number of aliphatic imine (C=N–C) groups is 1. The molecule has 29 heavy (non-hydrogen) atoms. The SMILES string of the molecule is CCNC(=NCC(C)(C)c1ccc2c(c1)OCCO2)N1CCC(C(=O)OC)CC1. The van der Waals surface area contributed by atoms with Gasteiger partial charge >= 0.3 is 5.97 Å². The molecule has 1 N–H and O–H groups in total. The molecule has 1 aromatic rings. The van der Waals surface area contributed by atoms with Gasteiger partial charge in [-0.25, -0.2) is 0 Å². The summed E-state index contributed by atoms with van der Waals surface area (Å²) >= 11 is 0. The van der Waals surface area contributed by atoms with Crippen molar-refractivity contribution in [1.82, 2.24) is 10.2 Å². The van der Waals surface area contributed by atoms with Crippen molar-refractivity contribution in [2.75, 3.05) is 46.5 Å². The highest BCUT2D eigenvalue weighted by molar-refractivity contribution is 5.80. The molecule has 0 unspecified atom stereocenters. The summed E-state index contributed by atoms with van der Waals surface area (Å²) in [6.45, 7) is 10.7. The van der Waals surface area contributed by atoms with Gasteiger partial charge < -0.3 is 24.4 Å². The van der Waals surface area contributed by atoms with Gasteiger partial charge in [0.25, 0.3) is 0 Å². The molecule has 0 saturated carbocycles. The van der Waals surface area contributed by atoms with E-state index in [1.165, 1.54) is 12.7 Å². The van der Waals surface area contributed by atoms with Crippen molar-refractivity contribution in [3.8, 4) is 11.5 Å². The molecule has 0 amide bonds. The Morgan fingerprint density at radius 3 is 2.59 bits per heavy atom. The second-order valence-corrected chi connectivity index (χ2v) is 8.20. The summed E-state index contributed by atoms with van der Waals surface area (Å²) in [5, 5.41) is 3.40. The predicted octanol–water partition coefficient (Wildman–Crippen LogP) is 2.59. The molecule has 0 bridgehead atoms. The van der Waals surface area contributed by atoms with E-state index in [0.717, 1.165) is 49.9 Å². The topological polar surface area (TPSA) is 72.4 Å². The Bertz CT molecular complexity index is 740. The molecule has 160 valence electrons. The van der Waals surface area contributed by atoms with Crippen LogP contribution in [-0.2, 0) is 14.9 Å². The van der Waals surface area contributed by atoms with Crippen LogP contribution in [-0.4, -0.2) is 63.3 Å². The molecule has 7 nitrogen and oxygen atoms in total. The van der Waals surface area contributed by atoms with Crippen molar-refractivity contribution in [2.24, 2.45) is 10.9 Å². The molecule has 0 radical (unpaired) electrons. The number of esters is 1. The number of guanidine groups is 1. The molecular formula is C22H33N3O4. The number of benzene rings is 1. The van der Waals surface area contributed by atoms with Crippen molar-refractivity contribution < 1.29 is 19.0 Å². The summed E-state index contributed by atoms with van der Waals surface area (Å²) in [5.41, 5.74) is 1.02. The molecule has 1 aromatic carbocycles. The second kappa shape index (κ2) is 9.37. The van der Waals surface area contributed by atoms with E-state index in [-0.39, 0.29) is 17.3 Å². The number of rotatable bonds is 5. The summed E-state index contributed by atoms with van der Waals surface area (Å²) in [7, 11) is 1.46. The normalized spacial score (nSPS) is 17.8. The molecule has 0 atom stereocenters. The number of hydrogen-bond acceptors (Lipinski definition) is 5. The van der Waals surface area contributed by atoms with Crippen LogP contribution < -0.4 is 14.8 Å². The van der Waals surface area contributed by atoms with Crippen molar-refractivity contribution in [2.45, 2.75) is 39.0 Å². The van der Waals surface area contributed by atoms with Crippen LogP contribution in [0.4, 0.5) is 0 Å². The Morgan fingerprint density at radius 2 is 1.93 bits per heavy atom. The number of fused-ring (bicyclic) bond motifs is 1. The largest absolute Gasteiger partial charge is 0.486 e. The number of piperidine rings is 1. The zero-order valence-corrected chi connectivity index (χ0v) is 18.0. The minimum Gasteiger partial charge on any atom is -0.486 e. The van der Waals surface area contributed by atoms with E-state index in [2.05, 4.69) is 43.1 Å². The molecule has 2 heterocycles. The summed E-state index contributed by atoms with van der Waals surface area (Å²) < 4.78 is 16.3. The monoisotopic (exact) mass is 403 g/mol. The average Bonchev–Trinajstić information content (AvgIpc) is 2.76. The number of nitrogens with zero attached hydrogens (tertiary/aromatic N) is 2. The third kappa shape index (κ3) is 5.14. The van der Waals surface area contributed by atoms with E-state index in [1.54, 1.807) is 0 Å². The Hall–Kier alpha value is -2.44. The molecule has 2 aliphatic rings. The lowest BCUT2D eigenvalue weighted by Gasteiger charge is -2.34. The van der Waals surface area contributed by atoms with Crippen LogP contribution in [0.25, 0.3) is 0 Å². The summed E-state index contributed by atoms with van der Waals surface area (Å²) in [5.74, 6) is 2.41. The van der Waals surface area contributed by atoms with E-state index in [0.29, 0.717) is 19.8 Å². The molecule has 0 aliphatic carbocycles. The highest BCUT2D eigenvalue weighted by atomic mass is 16.6. The maximum Gasteiger partial charge on any atom is 0.308 e. The highest BCUT2D eigenvalue weighted by Crippen LogP contribution is 2.35. The fourth-order valence-electron chi connectivity index (χ4n) is 3.75. The van der Waals surface area contributed by atoms with Crippen LogP contribution in [0.5, 0.6) is 11.5 Å². The predicted molar refractivity (Wildman–Crippen MR) is 113 cm³/mol. The van der Waals surface area contributed by atoms with Crippen molar-refractivity contribution in [3.63, 3.8) is 0 Å². The minimum atomic E-state index is -0.152. The van der Waals surface area contributed by atoms with Gasteiger partial charge in [0.05, 0.1) is 19.6 Å². The average molecular weight is 404 g/mol. The van der Waals surface area contributed by atoms with Gasteiger partial charge in [0.2, 0.25) is 0 Å². The van der Waals surface area contributed by atoms with E-state index in [9.17, 15) is 4.79 Å². The van der Waals surface area contributed by atoms with Gasteiger partial charge in [-0.3, -0.25) is 9.79 Å². The third-order valence-electron chi connectivity index (χ3n) is 5.61. The molecular weight excluding hydrogens is 370 g/mol. The number of methoxy groups -OCH3 is 1. The Kier molecular flexibility index (Phi) is 6.87. The number of carbonyl (C=O) groups is 1. The third-order valence-corrected chi connectivity index (χ3v) is 5.61. The van der Waals surface area contributed by atoms with Crippen LogP contribution >= 0.6 is 0 Å². The molecule has 1 saturated heterocycles. The Labute approximate surface area is 173 Å². The van der Waals surface area contributed by atoms with E-state index in [1.807, 2.05) is 6.07 Å². The van der Waals surface area contributed by atoms with Gasteiger partial charge in [-0.1, -0.05) is 19.9 Å². The number of hydrogen-bond donors (Lipinski definition) is 1. The number of carbonyl (C=O) groups excluding carboxylic acids is 1. The van der Waals surface area contributed by atoms with E-state index >= 15 is 0 Å². The number of ether oxygens (including phenoxy) is 3. The quantitative estimate of drug-likeness (QED) is 0.463. The smallest absolute Gasteiger partial charge is 0.308 e. The zero-order valence-electron chi connectivity index (χ0n) is 18.0. The highest BCUT2D eigenvalue weighted by Gasteiger charge is 2.28. The van der Waals surface area contributed by atoms with Crippen LogP contribution in [0.3, 0.4) is 0 Å². The Balaban J connectivity index is 1.68. The number of likely N-dealkylation sites (tertiary alicyclic amines) is 1. The van der Waals surface area contributed by atoms with Crippen LogP contribution in [0, 0.1) is 5.92 Å². The van der Waals surface area contributed by atoms with Gasteiger partial charge in [0.1, 0.15) is 13.2 Å². The summed E-state index contributed by atoms with van der Waals surface area (Å²) in [6.07, 6.45) is 1.59. The van der Waals surface area contributed by atoms with Gasteiger partial charge in [0.15, 0.2) is 17.5 Å². The molecule has 1 fully saturated rings. The minimum absolute atomic E-state index is 0.00622. The lowest BCUT2D eigenvalue weighted by molar-refractivity contribution is -0.146. The van der Waals surface area contributed by atoms with Crippen LogP contribution in [0.1, 0.15) is 39.2 Å². The second-order valence-electron chi connectivity index (χ2n) is 8.20. The fourth-order valence-corrected chi connectivity index (χ4v) is 3.75. The van der Waals surface area contributed by atoms with Gasteiger partial charge in [0, 0.05) is 25.0 Å². The van der Waals surface area contributed by atoms with E-state index < -0.39 is 0 Å². The first-order valence-electron chi connectivity index (χ1n) is 10.5. The van der Waals surface area contributed by atoms with Gasteiger partial charge in [-0.15, -0.1) is 0 Å². The van der Waals surface area contributed by atoms with Crippen molar-refractivity contribution in [1.29, 1.82) is 0 Å². The van der Waals surface area contributed by atoms with Gasteiger partial charge in [-0.05, 0) is 37.5 Å². The first-order chi connectivity index (χ1) is 13.9. The van der Waals surface area contributed by atoms with Crippen molar-refractivity contribution >= 4 is 11.9 Å². The number of nitrogens with one attached hydrogen (secondary N) is 1. The van der Waals surface area contributed by atoms with Crippen LogP contribution in [0.15, 0.2) is 23.2 Å². The standard InChI is InChI=1S/C22H33N3O4/c1-5-23-21(25-10-8-16(9-11-25)20(26)27-4)24-15-22(2,3)17-6-7-18-19(14-17)29-13-12-28-18/h6-7,14,16H,5,8-13,15H2,1-4H3,(H,23,24). The summed E-state index contributed by atoms with van der Waals surface area (Å²) in [6, 6.07) is 6.15.